The van der Waals surface area contributed by atoms with Crippen molar-refractivity contribution in [2.75, 3.05) is 7.11 Å². The molecule has 2 aliphatic carbocycles. The number of hydrogen-bond donors (Lipinski definition) is 0. The van der Waals surface area contributed by atoms with E-state index in [1.807, 2.05) is 6.07 Å². The van der Waals surface area contributed by atoms with E-state index in [-0.39, 0.29) is 5.60 Å². The van der Waals surface area contributed by atoms with E-state index < -0.39 is 0 Å². The molecule has 0 amide bonds. The molecule has 1 aromatic carbocycles. The number of hydrogen-bond acceptors (Lipinski definition) is 4. The second kappa shape index (κ2) is 6.66. The second-order valence-corrected chi connectivity index (χ2v) is 7.41. The number of methoxy groups -OCH3 is 1. The van der Waals surface area contributed by atoms with Crippen LogP contribution in [-0.4, -0.2) is 24.5 Å². The quantitative estimate of drug-likeness (QED) is 0.793. The van der Waals surface area contributed by atoms with Crippen LogP contribution in [0.25, 0.3) is 0 Å². The molecule has 0 aromatic heterocycles. The van der Waals surface area contributed by atoms with Gasteiger partial charge in [-0.3, -0.25) is 0 Å². The topological polar surface area (TPSA) is 40.0 Å². The number of benzene rings is 1. The van der Waals surface area contributed by atoms with Crippen LogP contribution in [0.1, 0.15) is 69.8 Å². The van der Waals surface area contributed by atoms with Crippen LogP contribution in [0, 0.1) is 0 Å². The molecular weight excluding hydrogens is 302 g/mol. The molecule has 0 radical (unpaired) electrons. The highest BCUT2D eigenvalue weighted by atomic mass is 16.7. The lowest BCUT2D eigenvalue weighted by Crippen LogP contribution is -2.32. The summed E-state index contributed by atoms with van der Waals surface area (Å²) in [6.07, 6.45) is 12.0. The summed E-state index contributed by atoms with van der Waals surface area (Å²) >= 11 is 0. The van der Waals surface area contributed by atoms with Crippen LogP contribution in [-0.2, 0) is 4.84 Å². The predicted octanol–water partition coefficient (Wildman–Crippen LogP) is 4.84. The third-order valence-electron chi connectivity index (χ3n) is 5.77. The van der Waals surface area contributed by atoms with Crippen molar-refractivity contribution >= 4 is 5.71 Å². The van der Waals surface area contributed by atoms with Crippen LogP contribution in [0.15, 0.2) is 23.4 Å². The van der Waals surface area contributed by atoms with Crippen molar-refractivity contribution in [1.82, 2.24) is 0 Å². The number of rotatable bonds is 4. The van der Waals surface area contributed by atoms with Gasteiger partial charge in [0.1, 0.15) is 5.60 Å². The van der Waals surface area contributed by atoms with E-state index in [1.54, 1.807) is 7.11 Å². The van der Waals surface area contributed by atoms with Crippen molar-refractivity contribution in [3.05, 3.63) is 23.8 Å². The zero-order chi connectivity index (χ0) is 16.4. The Labute approximate surface area is 144 Å². The molecular formula is C20H27NO3. The van der Waals surface area contributed by atoms with E-state index in [2.05, 4.69) is 17.3 Å². The molecule has 1 heterocycles. The molecule has 24 heavy (non-hydrogen) atoms. The Kier molecular flexibility index (Phi) is 4.38. The van der Waals surface area contributed by atoms with E-state index >= 15 is 0 Å². The van der Waals surface area contributed by atoms with Crippen LogP contribution in [0.5, 0.6) is 11.5 Å². The summed E-state index contributed by atoms with van der Waals surface area (Å²) in [5.74, 6) is 1.64. The molecule has 0 unspecified atom stereocenters. The van der Waals surface area contributed by atoms with E-state index in [0.717, 1.165) is 61.3 Å². The fraction of sp³-hybridized carbons (Fsp3) is 0.650. The lowest BCUT2D eigenvalue weighted by Gasteiger charge is -2.31. The summed E-state index contributed by atoms with van der Waals surface area (Å²) in [4.78, 5) is 5.94. The number of oxime groups is 1. The van der Waals surface area contributed by atoms with Gasteiger partial charge in [-0.05, 0) is 82.4 Å². The first-order valence-corrected chi connectivity index (χ1v) is 9.38. The summed E-state index contributed by atoms with van der Waals surface area (Å²) in [5, 5.41) is 4.48. The molecule has 4 rings (SSSR count). The second-order valence-electron chi connectivity index (χ2n) is 7.41. The fourth-order valence-electron chi connectivity index (χ4n) is 4.28. The van der Waals surface area contributed by atoms with Crippen molar-refractivity contribution in [2.45, 2.75) is 75.9 Å². The Bertz CT molecular complexity index is 613. The van der Waals surface area contributed by atoms with Crippen molar-refractivity contribution in [3.63, 3.8) is 0 Å². The molecule has 0 saturated heterocycles. The van der Waals surface area contributed by atoms with Gasteiger partial charge in [-0.25, -0.2) is 0 Å². The highest BCUT2D eigenvalue weighted by Gasteiger charge is 2.39. The smallest absolute Gasteiger partial charge is 0.162 e. The maximum atomic E-state index is 6.20. The first-order valence-electron chi connectivity index (χ1n) is 9.38. The maximum absolute atomic E-state index is 6.20. The maximum Gasteiger partial charge on any atom is 0.162 e. The van der Waals surface area contributed by atoms with Gasteiger partial charge in [0.2, 0.25) is 0 Å². The molecule has 2 saturated carbocycles. The highest BCUT2D eigenvalue weighted by Crippen LogP contribution is 2.40. The van der Waals surface area contributed by atoms with E-state index in [4.69, 9.17) is 14.3 Å². The van der Waals surface area contributed by atoms with Gasteiger partial charge in [0.15, 0.2) is 11.5 Å². The predicted molar refractivity (Wildman–Crippen MR) is 93.9 cm³/mol. The molecule has 1 aromatic rings. The lowest BCUT2D eigenvalue weighted by molar-refractivity contribution is -0.0517. The van der Waals surface area contributed by atoms with Gasteiger partial charge < -0.3 is 14.3 Å². The Morgan fingerprint density at radius 2 is 1.83 bits per heavy atom. The average molecular weight is 329 g/mol. The van der Waals surface area contributed by atoms with Crippen molar-refractivity contribution in [3.8, 4) is 11.5 Å². The Hall–Kier alpha value is -1.71. The summed E-state index contributed by atoms with van der Waals surface area (Å²) < 4.78 is 11.7. The first kappa shape index (κ1) is 15.8. The lowest BCUT2D eigenvalue weighted by atomic mass is 9.91. The van der Waals surface area contributed by atoms with Crippen molar-refractivity contribution < 1.29 is 14.3 Å². The molecule has 2 fully saturated rings. The van der Waals surface area contributed by atoms with E-state index in [9.17, 15) is 0 Å². The minimum absolute atomic E-state index is 0.0269. The van der Waals surface area contributed by atoms with Crippen LogP contribution in [0.4, 0.5) is 0 Å². The van der Waals surface area contributed by atoms with Gasteiger partial charge in [0, 0.05) is 5.56 Å². The minimum atomic E-state index is 0.0269. The minimum Gasteiger partial charge on any atom is -0.493 e. The fourth-order valence-corrected chi connectivity index (χ4v) is 4.28. The van der Waals surface area contributed by atoms with E-state index in [0.29, 0.717) is 6.10 Å². The SMILES string of the molecule is COc1ccc(C2=NOC3(CCCC3)CC2)cc1OC1CCCC1. The molecule has 4 heteroatoms. The molecule has 130 valence electrons. The van der Waals surface area contributed by atoms with Gasteiger partial charge in [0.25, 0.3) is 0 Å². The van der Waals surface area contributed by atoms with Crippen LogP contribution >= 0.6 is 0 Å². The average Bonchev–Trinajstić information content (AvgIpc) is 3.28. The molecule has 3 aliphatic rings. The van der Waals surface area contributed by atoms with Gasteiger partial charge in [-0.1, -0.05) is 5.16 Å². The molecule has 0 N–H and O–H groups in total. The molecule has 4 nitrogen and oxygen atoms in total. The largest absolute Gasteiger partial charge is 0.493 e. The third kappa shape index (κ3) is 3.11. The molecule has 0 atom stereocenters. The third-order valence-corrected chi connectivity index (χ3v) is 5.77. The van der Waals surface area contributed by atoms with Gasteiger partial charge in [0.05, 0.1) is 18.9 Å². The van der Waals surface area contributed by atoms with E-state index in [1.165, 1.54) is 25.7 Å². The first-order chi connectivity index (χ1) is 11.8. The summed E-state index contributed by atoms with van der Waals surface area (Å²) in [6.45, 7) is 0. The molecule has 1 aliphatic heterocycles. The normalized spacial score (nSPS) is 23.1. The summed E-state index contributed by atoms with van der Waals surface area (Å²) in [6, 6.07) is 6.13. The zero-order valence-corrected chi connectivity index (χ0v) is 14.6. The monoisotopic (exact) mass is 329 g/mol. The summed E-state index contributed by atoms with van der Waals surface area (Å²) in [7, 11) is 1.70. The Morgan fingerprint density at radius 1 is 1.04 bits per heavy atom. The summed E-state index contributed by atoms with van der Waals surface area (Å²) in [5.41, 5.74) is 2.15. The van der Waals surface area contributed by atoms with Crippen molar-refractivity contribution in [2.24, 2.45) is 5.16 Å². The van der Waals surface area contributed by atoms with Crippen LogP contribution < -0.4 is 9.47 Å². The standard InChI is InChI=1S/C20H27NO3/c1-22-18-9-8-15(14-19(18)23-16-6-2-3-7-16)17-10-13-20(24-21-17)11-4-5-12-20/h8-9,14,16H,2-7,10-13H2,1H3. The molecule has 1 spiro atoms. The van der Waals surface area contributed by atoms with Gasteiger partial charge >= 0.3 is 0 Å². The Morgan fingerprint density at radius 3 is 2.50 bits per heavy atom. The highest BCUT2D eigenvalue weighted by molar-refractivity contribution is 6.01. The number of nitrogens with zero attached hydrogens (tertiary/aromatic N) is 1. The van der Waals surface area contributed by atoms with Crippen LogP contribution in [0.2, 0.25) is 0 Å². The number of ether oxygens (including phenoxy) is 2. The van der Waals surface area contributed by atoms with Gasteiger partial charge in [-0.15, -0.1) is 0 Å². The Balaban J connectivity index is 1.53. The zero-order valence-electron chi connectivity index (χ0n) is 14.6. The van der Waals surface area contributed by atoms with Gasteiger partial charge in [-0.2, -0.15) is 0 Å². The molecule has 0 bridgehead atoms. The van der Waals surface area contributed by atoms with Crippen LogP contribution in [0.3, 0.4) is 0 Å². The van der Waals surface area contributed by atoms with Crippen molar-refractivity contribution in [1.29, 1.82) is 0 Å².